The molecule has 0 saturated carbocycles. The molecule has 1 atom stereocenters. The molecule has 1 aromatic heterocycles. The highest BCUT2D eigenvalue weighted by atomic mass is 35.5. The molecule has 2 rings (SSSR count). The Labute approximate surface area is 120 Å². The lowest BCUT2D eigenvalue weighted by molar-refractivity contribution is 0.0608. The Bertz CT molecular complexity index is 390. The fraction of sp³-hybridized carbons (Fsp3) is 0.643. The van der Waals surface area contributed by atoms with E-state index in [0.29, 0.717) is 11.2 Å². The Morgan fingerprint density at radius 3 is 2.68 bits per heavy atom. The summed E-state index contributed by atoms with van der Waals surface area (Å²) in [5, 5.41) is 9.89. The summed E-state index contributed by atoms with van der Waals surface area (Å²) in [6.45, 7) is 7.44. The SMILES string of the molecule is CCC(CO)N1CCN(Cc2ccnc(Cl)c2)CC1. The minimum atomic E-state index is 0.260. The third-order valence-electron chi connectivity index (χ3n) is 3.80. The van der Waals surface area contributed by atoms with Crippen molar-refractivity contribution in [2.24, 2.45) is 0 Å². The van der Waals surface area contributed by atoms with Gasteiger partial charge in [0, 0.05) is 45.0 Å². The van der Waals surface area contributed by atoms with Crippen molar-refractivity contribution in [2.75, 3.05) is 32.8 Å². The molecule has 106 valence electrons. The van der Waals surface area contributed by atoms with Crippen LogP contribution in [0.25, 0.3) is 0 Å². The maximum Gasteiger partial charge on any atom is 0.129 e. The number of aromatic nitrogens is 1. The zero-order valence-corrected chi connectivity index (χ0v) is 12.2. The first-order valence-corrected chi connectivity index (χ1v) is 7.28. The van der Waals surface area contributed by atoms with Gasteiger partial charge in [0.1, 0.15) is 5.15 Å². The van der Waals surface area contributed by atoms with E-state index in [4.69, 9.17) is 11.6 Å². The van der Waals surface area contributed by atoms with E-state index in [1.54, 1.807) is 6.20 Å². The van der Waals surface area contributed by atoms with Gasteiger partial charge in [-0.15, -0.1) is 0 Å². The molecule has 1 aliphatic heterocycles. The number of hydrogen-bond acceptors (Lipinski definition) is 4. The average molecular weight is 284 g/mol. The summed E-state index contributed by atoms with van der Waals surface area (Å²) in [6.07, 6.45) is 2.77. The van der Waals surface area contributed by atoms with Crippen molar-refractivity contribution in [3.63, 3.8) is 0 Å². The number of piperazine rings is 1. The van der Waals surface area contributed by atoms with Crippen LogP contribution in [0, 0.1) is 0 Å². The van der Waals surface area contributed by atoms with Crippen LogP contribution in [0.2, 0.25) is 5.15 Å². The Morgan fingerprint density at radius 2 is 2.11 bits per heavy atom. The van der Waals surface area contributed by atoms with E-state index in [-0.39, 0.29) is 6.61 Å². The second kappa shape index (κ2) is 7.20. The maximum absolute atomic E-state index is 9.33. The molecule has 1 N–H and O–H groups in total. The van der Waals surface area contributed by atoms with Gasteiger partial charge in [0.15, 0.2) is 0 Å². The second-order valence-corrected chi connectivity index (χ2v) is 5.43. The summed E-state index contributed by atoms with van der Waals surface area (Å²) in [6, 6.07) is 4.26. The molecule has 1 fully saturated rings. The van der Waals surface area contributed by atoms with Crippen LogP contribution in [-0.4, -0.2) is 58.7 Å². The fourth-order valence-electron chi connectivity index (χ4n) is 2.59. The first kappa shape index (κ1) is 14.7. The molecule has 1 aromatic rings. The lowest BCUT2D eigenvalue weighted by atomic mass is 10.1. The fourth-order valence-corrected chi connectivity index (χ4v) is 2.78. The van der Waals surface area contributed by atoms with Crippen molar-refractivity contribution < 1.29 is 5.11 Å². The highest BCUT2D eigenvalue weighted by Crippen LogP contribution is 2.13. The monoisotopic (exact) mass is 283 g/mol. The largest absolute Gasteiger partial charge is 0.395 e. The third kappa shape index (κ3) is 4.14. The standard InChI is InChI=1S/C14H22ClN3O/c1-2-13(11-19)18-7-5-17(6-8-18)10-12-3-4-16-14(15)9-12/h3-4,9,13,19H,2,5-8,10-11H2,1H3. The molecular weight excluding hydrogens is 262 g/mol. The van der Waals surface area contributed by atoms with E-state index in [1.165, 1.54) is 5.56 Å². The number of rotatable bonds is 5. The quantitative estimate of drug-likeness (QED) is 0.834. The highest BCUT2D eigenvalue weighted by Gasteiger charge is 2.22. The van der Waals surface area contributed by atoms with Crippen LogP contribution in [0.15, 0.2) is 18.3 Å². The lowest BCUT2D eigenvalue weighted by Gasteiger charge is -2.38. The zero-order valence-electron chi connectivity index (χ0n) is 11.4. The summed E-state index contributed by atoms with van der Waals surface area (Å²) in [5.41, 5.74) is 1.21. The summed E-state index contributed by atoms with van der Waals surface area (Å²) in [4.78, 5) is 8.81. The molecule has 1 saturated heterocycles. The summed E-state index contributed by atoms with van der Waals surface area (Å²) < 4.78 is 0. The first-order valence-electron chi connectivity index (χ1n) is 6.90. The Kier molecular flexibility index (Phi) is 5.58. The molecule has 1 aliphatic rings. The molecule has 4 nitrogen and oxygen atoms in total. The van der Waals surface area contributed by atoms with Crippen LogP contribution in [-0.2, 0) is 6.54 Å². The van der Waals surface area contributed by atoms with Crippen LogP contribution < -0.4 is 0 Å². The van der Waals surface area contributed by atoms with Crippen molar-refractivity contribution in [3.8, 4) is 0 Å². The van der Waals surface area contributed by atoms with Gasteiger partial charge in [0.2, 0.25) is 0 Å². The topological polar surface area (TPSA) is 39.6 Å². The van der Waals surface area contributed by atoms with Crippen molar-refractivity contribution in [2.45, 2.75) is 25.9 Å². The van der Waals surface area contributed by atoms with Gasteiger partial charge in [-0.3, -0.25) is 9.80 Å². The van der Waals surface area contributed by atoms with Gasteiger partial charge in [-0.1, -0.05) is 18.5 Å². The van der Waals surface area contributed by atoms with Gasteiger partial charge in [-0.25, -0.2) is 4.98 Å². The number of pyridine rings is 1. The van der Waals surface area contributed by atoms with Gasteiger partial charge in [-0.2, -0.15) is 0 Å². The number of aliphatic hydroxyl groups is 1. The van der Waals surface area contributed by atoms with Gasteiger partial charge in [-0.05, 0) is 24.1 Å². The van der Waals surface area contributed by atoms with E-state index < -0.39 is 0 Å². The van der Waals surface area contributed by atoms with Gasteiger partial charge >= 0.3 is 0 Å². The molecule has 1 unspecified atom stereocenters. The Morgan fingerprint density at radius 1 is 1.37 bits per heavy atom. The number of nitrogens with zero attached hydrogens (tertiary/aromatic N) is 3. The van der Waals surface area contributed by atoms with E-state index in [1.807, 2.05) is 12.1 Å². The number of aliphatic hydroxyl groups excluding tert-OH is 1. The molecule has 0 bridgehead atoms. The summed E-state index contributed by atoms with van der Waals surface area (Å²) in [7, 11) is 0. The normalized spacial score (nSPS) is 19.5. The molecule has 5 heteroatoms. The zero-order chi connectivity index (χ0) is 13.7. The first-order chi connectivity index (χ1) is 9.22. The number of hydrogen-bond donors (Lipinski definition) is 1. The Balaban J connectivity index is 1.83. The van der Waals surface area contributed by atoms with Crippen LogP contribution in [0.5, 0.6) is 0 Å². The van der Waals surface area contributed by atoms with Crippen LogP contribution in [0.3, 0.4) is 0 Å². The van der Waals surface area contributed by atoms with E-state index >= 15 is 0 Å². The number of halogens is 1. The average Bonchev–Trinajstić information content (AvgIpc) is 2.42. The molecule has 0 radical (unpaired) electrons. The van der Waals surface area contributed by atoms with Crippen LogP contribution >= 0.6 is 11.6 Å². The van der Waals surface area contributed by atoms with Crippen molar-refractivity contribution >= 4 is 11.6 Å². The smallest absolute Gasteiger partial charge is 0.129 e. The minimum Gasteiger partial charge on any atom is -0.395 e. The molecule has 2 heterocycles. The summed E-state index contributed by atoms with van der Waals surface area (Å²) >= 11 is 5.90. The third-order valence-corrected chi connectivity index (χ3v) is 4.01. The predicted octanol–water partition coefficient (Wildman–Crippen LogP) is 1.62. The molecule has 0 aromatic carbocycles. The molecule has 19 heavy (non-hydrogen) atoms. The summed E-state index contributed by atoms with van der Waals surface area (Å²) in [5.74, 6) is 0. The van der Waals surface area contributed by atoms with Gasteiger partial charge in [0.05, 0.1) is 6.61 Å². The van der Waals surface area contributed by atoms with Gasteiger partial charge < -0.3 is 5.11 Å². The van der Waals surface area contributed by atoms with Gasteiger partial charge in [0.25, 0.3) is 0 Å². The van der Waals surface area contributed by atoms with E-state index in [0.717, 1.165) is 39.1 Å². The van der Waals surface area contributed by atoms with Crippen LogP contribution in [0.4, 0.5) is 0 Å². The minimum absolute atomic E-state index is 0.260. The highest BCUT2D eigenvalue weighted by molar-refractivity contribution is 6.29. The maximum atomic E-state index is 9.33. The molecule has 0 spiro atoms. The molecule has 0 amide bonds. The lowest BCUT2D eigenvalue weighted by Crippen LogP contribution is -2.50. The molecule has 0 aliphatic carbocycles. The van der Waals surface area contributed by atoms with E-state index in [2.05, 4.69) is 21.7 Å². The van der Waals surface area contributed by atoms with Crippen molar-refractivity contribution in [1.82, 2.24) is 14.8 Å². The van der Waals surface area contributed by atoms with Crippen molar-refractivity contribution in [3.05, 3.63) is 29.0 Å². The predicted molar refractivity (Wildman–Crippen MR) is 77.3 cm³/mol. The second-order valence-electron chi connectivity index (χ2n) is 5.04. The Hall–Kier alpha value is -0.680. The van der Waals surface area contributed by atoms with Crippen LogP contribution in [0.1, 0.15) is 18.9 Å². The molecular formula is C14H22ClN3O. The van der Waals surface area contributed by atoms with Crippen molar-refractivity contribution in [1.29, 1.82) is 0 Å². The van der Waals surface area contributed by atoms with E-state index in [9.17, 15) is 5.11 Å².